The summed E-state index contributed by atoms with van der Waals surface area (Å²) in [6, 6.07) is 15.1. The minimum atomic E-state index is -0.105. The Kier molecular flexibility index (Phi) is 4.38. The number of nitrogens with zero attached hydrogens (tertiary/aromatic N) is 1. The normalized spacial score (nSPS) is 10.3. The molecular formula is C18H17N3O2. The maximum Gasteiger partial charge on any atom is 0.251 e. The van der Waals surface area contributed by atoms with Crippen molar-refractivity contribution in [3.05, 3.63) is 72.1 Å². The number of benzene rings is 2. The SMILES string of the molecule is COc1cccc(CNC(=O)c2ccc(-c3cn[nH]c3)cc2)c1. The first-order chi connectivity index (χ1) is 11.3. The smallest absolute Gasteiger partial charge is 0.251 e. The van der Waals surface area contributed by atoms with Crippen LogP contribution in [0.4, 0.5) is 0 Å². The Balaban J connectivity index is 1.64. The summed E-state index contributed by atoms with van der Waals surface area (Å²) in [6.45, 7) is 0.458. The number of ether oxygens (including phenoxy) is 1. The number of rotatable bonds is 5. The highest BCUT2D eigenvalue weighted by Crippen LogP contribution is 2.18. The number of carbonyl (C=O) groups excluding carboxylic acids is 1. The molecule has 0 saturated carbocycles. The lowest BCUT2D eigenvalue weighted by molar-refractivity contribution is 0.0951. The van der Waals surface area contributed by atoms with Crippen LogP contribution < -0.4 is 10.1 Å². The zero-order chi connectivity index (χ0) is 16.1. The molecule has 1 aromatic heterocycles. The Bertz CT molecular complexity index is 780. The Hall–Kier alpha value is -3.08. The molecule has 1 amide bonds. The number of methoxy groups -OCH3 is 1. The Morgan fingerprint density at radius 1 is 1.17 bits per heavy atom. The van der Waals surface area contributed by atoms with Crippen LogP contribution in [0.25, 0.3) is 11.1 Å². The maximum atomic E-state index is 12.2. The molecule has 0 atom stereocenters. The van der Waals surface area contributed by atoms with Crippen LogP contribution in [0.2, 0.25) is 0 Å². The molecule has 116 valence electrons. The first kappa shape index (κ1) is 14.8. The number of H-pyrrole nitrogens is 1. The predicted octanol–water partition coefficient (Wildman–Crippen LogP) is 3.02. The molecule has 1 heterocycles. The fourth-order valence-electron chi connectivity index (χ4n) is 2.29. The molecule has 5 nitrogen and oxygen atoms in total. The zero-order valence-corrected chi connectivity index (χ0v) is 12.7. The third-order valence-corrected chi connectivity index (χ3v) is 3.57. The fraction of sp³-hybridized carbons (Fsp3) is 0.111. The van der Waals surface area contributed by atoms with Crippen molar-refractivity contribution < 1.29 is 9.53 Å². The summed E-state index contributed by atoms with van der Waals surface area (Å²) < 4.78 is 5.17. The topological polar surface area (TPSA) is 67.0 Å². The van der Waals surface area contributed by atoms with Crippen molar-refractivity contribution in [2.45, 2.75) is 6.54 Å². The highest BCUT2D eigenvalue weighted by Gasteiger charge is 2.06. The predicted molar refractivity (Wildman–Crippen MR) is 88.2 cm³/mol. The second kappa shape index (κ2) is 6.79. The summed E-state index contributed by atoms with van der Waals surface area (Å²) in [5.74, 6) is 0.674. The van der Waals surface area contributed by atoms with Crippen molar-refractivity contribution in [3.63, 3.8) is 0 Å². The Labute approximate surface area is 134 Å². The molecule has 0 radical (unpaired) electrons. The van der Waals surface area contributed by atoms with Gasteiger partial charge in [0, 0.05) is 23.9 Å². The summed E-state index contributed by atoms with van der Waals surface area (Å²) in [4.78, 5) is 12.2. The lowest BCUT2D eigenvalue weighted by Crippen LogP contribution is -2.22. The first-order valence-electron chi connectivity index (χ1n) is 7.26. The van der Waals surface area contributed by atoms with Crippen LogP contribution >= 0.6 is 0 Å². The standard InChI is InChI=1S/C18H17N3O2/c1-23-17-4-2-3-13(9-17)10-19-18(22)15-7-5-14(6-8-15)16-11-20-21-12-16/h2-9,11-12H,10H2,1H3,(H,19,22)(H,20,21). The van der Waals surface area contributed by atoms with Gasteiger partial charge >= 0.3 is 0 Å². The zero-order valence-electron chi connectivity index (χ0n) is 12.7. The van der Waals surface area contributed by atoms with E-state index in [9.17, 15) is 4.79 Å². The molecule has 2 N–H and O–H groups in total. The molecular weight excluding hydrogens is 290 g/mol. The van der Waals surface area contributed by atoms with E-state index in [1.54, 1.807) is 13.3 Å². The summed E-state index contributed by atoms with van der Waals surface area (Å²) in [7, 11) is 1.62. The van der Waals surface area contributed by atoms with Gasteiger partial charge < -0.3 is 10.1 Å². The van der Waals surface area contributed by atoms with Crippen LogP contribution in [0.15, 0.2) is 60.9 Å². The van der Waals surface area contributed by atoms with Crippen molar-refractivity contribution in [2.24, 2.45) is 0 Å². The molecule has 0 aliphatic rings. The van der Waals surface area contributed by atoms with E-state index in [1.807, 2.05) is 54.7 Å². The van der Waals surface area contributed by atoms with Gasteiger partial charge in [0.25, 0.3) is 5.91 Å². The Morgan fingerprint density at radius 3 is 2.70 bits per heavy atom. The van der Waals surface area contributed by atoms with E-state index in [4.69, 9.17) is 4.74 Å². The Morgan fingerprint density at radius 2 is 2.00 bits per heavy atom. The molecule has 0 spiro atoms. The van der Waals surface area contributed by atoms with E-state index in [0.29, 0.717) is 12.1 Å². The second-order valence-electron chi connectivity index (χ2n) is 5.10. The van der Waals surface area contributed by atoms with Gasteiger partial charge in [0.05, 0.1) is 13.3 Å². The van der Waals surface area contributed by atoms with Crippen molar-refractivity contribution >= 4 is 5.91 Å². The summed E-state index contributed by atoms with van der Waals surface area (Å²) in [5.41, 5.74) is 3.63. The van der Waals surface area contributed by atoms with Gasteiger partial charge in [0.2, 0.25) is 0 Å². The van der Waals surface area contributed by atoms with E-state index < -0.39 is 0 Å². The molecule has 3 aromatic rings. The van der Waals surface area contributed by atoms with Gasteiger partial charge in [-0.25, -0.2) is 0 Å². The monoisotopic (exact) mass is 307 g/mol. The van der Waals surface area contributed by atoms with Crippen LogP contribution in [0, 0.1) is 0 Å². The third-order valence-electron chi connectivity index (χ3n) is 3.57. The average Bonchev–Trinajstić information content (AvgIpc) is 3.14. The molecule has 0 bridgehead atoms. The van der Waals surface area contributed by atoms with E-state index in [0.717, 1.165) is 22.4 Å². The summed E-state index contributed by atoms with van der Waals surface area (Å²) >= 11 is 0. The number of nitrogens with one attached hydrogen (secondary N) is 2. The van der Waals surface area contributed by atoms with Crippen LogP contribution in [0.1, 0.15) is 15.9 Å². The highest BCUT2D eigenvalue weighted by atomic mass is 16.5. The van der Waals surface area contributed by atoms with Gasteiger partial charge in [0.15, 0.2) is 0 Å². The molecule has 3 rings (SSSR count). The van der Waals surface area contributed by atoms with Gasteiger partial charge in [0.1, 0.15) is 5.75 Å². The number of amides is 1. The van der Waals surface area contributed by atoms with Crippen molar-refractivity contribution in [3.8, 4) is 16.9 Å². The molecule has 0 aliphatic heterocycles. The molecule has 23 heavy (non-hydrogen) atoms. The summed E-state index contributed by atoms with van der Waals surface area (Å²) in [6.07, 6.45) is 3.57. The molecule has 0 aliphatic carbocycles. The van der Waals surface area contributed by atoms with Crippen LogP contribution in [0.3, 0.4) is 0 Å². The first-order valence-corrected chi connectivity index (χ1v) is 7.26. The van der Waals surface area contributed by atoms with E-state index in [1.165, 1.54) is 0 Å². The van der Waals surface area contributed by atoms with Gasteiger partial charge in [-0.3, -0.25) is 9.89 Å². The average molecular weight is 307 g/mol. The lowest BCUT2D eigenvalue weighted by Gasteiger charge is -2.07. The van der Waals surface area contributed by atoms with Crippen molar-refractivity contribution in [1.82, 2.24) is 15.5 Å². The largest absolute Gasteiger partial charge is 0.497 e. The molecule has 2 aromatic carbocycles. The lowest BCUT2D eigenvalue weighted by atomic mass is 10.1. The van der Waals surface area contributed by atoms with Crippen LogP contribution in [0.5, 0.6) is 5.75 Å². The van der Waals surface area contributed by atoms with Crippen molar-refractivity contribution in [1.29, 1.82) is 0 Å². The second-order valence-corrected chi connectivity index (χ2v) is 5.10. The number of hydrogen-bond donors (Lipinski definition) is 2. The van der Waals surface area contributed by atoms with Crippen LogP contribution in [-0.4, -0.2) is 23.2 Å². The minimum Gasteiger partial charge on any atom is -0.497 e. The molecule has 0 saturated heterocycles. The van der Waals surface area contributed by atoms with Gasteiger partial charge in [-0.15, -0.1) is 0 Å². The van der Waals surface area contributed by atoms with Gasteiger partial charge in [-0.05, 0) is 35.4 Å². The van der Waals surface area contributed by atoms with Gasteiger partial charge in [-0.1, -0.05) is 24.3 Å². The van der Waals surface area contributed by atoms with Crippen LogP contribution in [-0.2, 0) is 6.54 Å². The van der Waals surface area contributed by atoms with E-state index in [2.05, 4.69) is 15.5 Å². The number of aromatic amines is 1. The maximum absolute atomic E-state index is 12.2. The minimum absolute atomic E-state index is 0.105. The van der Waals surface area contributed by atoms with E-state index in [-0.39, 0.29) is 5.91 Å². The summed E-state index contributed by atoms with van der Waals surface area (Å²) in [5, 5.41) is 9.60. The van der Waals surface area contributed by atoms with Crippen molar-refractivity contribution in [2.75, 3.05) is 7.11 Å². The molecule has 0 unspecified atom stereocenters. The fourth-order valence-corrected chi connectivity index (χ4v) is 2.29. The molecule has 0 fully saturated rings. The van der Waals surface area contributed by atoms with Gasteiger partial charge in [-0.2, -0.15) is 5.10 Å². The van der Waals surface area contributed by atoms with E-state index >= 15 is 0 Å². The highest BCUT2D eigenvalue weighted by molar-refractivity contribution is 5.94. The third kappa shape index (κ3) is 3.58. The number of carbonyl (C=O) groups is 1. The molecule has 5 heteroatoms. The quantitative estimate of drug-likeness (QED) is 0.761. The number of hydrogen-bond acceptors (Lipinski definition) is 3. The number of aromatic nitrogens is 2.